The van der Waals surface area contributed by atoms with E-state index >= 15 is 0 Å². The van der Waals surface area contributed by atoms with E-state index in [-0.39, 0.29) is 22.8 Å². The molecule has 1 heterocycles. The first-order chi connectivity index (χ1) is 15.5. The molecule has 1 aliphatic rings. The first-order valence-electron chi connectivity index (χ1n) is 9.64. The summed E-state index contributed by atoms with van der Waals surface area (Å²) in [4.78, 5) is 12.3. The second-order valence-corrected chi connectivity index (χ2v) is 8.52. The van der Waals surface area contributed by atoms with Crippen LogP contribution in [-0.2, 0) is 21.4 Å². The number of esters is 1. The third-order valence-electron chi connectivity index (χ3n) is 4.69. The van der Waals surface area contributed by atoms with Crippen molar-refractivity contribution in [3.05, 3.63) is 83.4 Å². The van der Waals surface area contributed by atoms with E-state index in [4.69, 9.17) is 19.5 Å². The summed E-state index contributed by atoms with van der Waals surface area (Å²) in [6, 6.07) is 19.1. The highest BCUT2D eigenvalue weighted by molar-refractivity contribution is 7.92. The van der Waals surface area contributed by atoms with Gasteiger partial charge in [0, 0.05) is 17.3 Å². The number of anilines is 1. The van der Waals surface area contributed by atoms with Crippen molar-refractivity contribution < 1.29 is 27.4 Å². The largest absolute Gasteiger partial charge is 0.486 e. The van der Waals surface area contributed by atoms with Gasteiger partial charge in [-0.25, -0.2) is 13.2 Å². The summed E-state index contributed by atoms with van der Waals surface area (Å²) in [5.41, 5.74) is 1.57. The van der Waals surface area contributed by atoms with Gasteiger partial charge in [-0.05, 0) is 42.5 Å². The van der Waals surface area contributed by atoms with Gasteiger partial charge in [-0.15, -0.1) is 0 Å². The molecular weight excluding hydrogens is 432 g/mol. The molecule has 0 radical (unpaired) electrons. The van der Waals surface area contributed by atoms with E-state index in [1.807, 2.05) is 6.07 Å². The molecule has 0 amide bonds. The molecule has 9 heteroatoms. The molecule has 0 saturated carbocycles. The second kappa shape index (κ2) is 8.99. The van der Waals surface area contributed by atoms with Gasteiger partial charge in [-0.2, -0.15) is 5.26 Å². The number of fused-ring (bicyclic) bond motifs is 1. The normalized spacial score (nSPS) is 12.5. The Bertz CT molecular complexity index is 1300. The minimum atomic E-state index is -3.87. The highest BCUT2D eigenvalue weighted by Gasteiger charge is 2.20. The van der Waals surface area contributed by atoms with Crippen LogP contribution in [-0.4, -0.2) is 27.6 Å². The molecule has 162 valence electrons. The number of sulfonamides is 1. The number of carbonyl (C=O) groups excluding carboxylic acids is 1. The third-order valence-corrected chi connectivity index (χ3v) is 6.07. The van der Waals surface area contributed by atoms with Crippen LogP contribution in [0.1, 0.15) is 21.5 Å². The number of nitrogens with zero attached hydrogens (tertiary/aromatic N) is 1. The van der Waals surface area contributed by atoms with Crippen molar-refractivity contribution in [2.24, 2.45) is 0 Å². The van der Waals surface area contributed by atoms with Gasteiger partial charge in [-0.3, -0.25) is 4.72 Å². The van der Waals surface area contributed by atoms with E-state index < -0.39 is 16.0 Å². The molecule has 8 nitrogen and oxygen atoms in total. The topological polar surface area (TPSA) is 115 Å². The van der Waals surface area contributed by atoms with Gasteiger partial charge in [-0.1, -0.05) is 18.2 Å². The van der Waals surface area contributed by atoms with Gasteiger partial charge >= 0.3 is 5.97 Å². The maximum absolute atomic E-state index is 12.7. The number of carbonyl (C=O) groups is 1. The van der Waals surface area contributed by atoms with Gasteiger partial charge in [0.05, 0.1) is 22.1 Å². The van der Waals surface area contributed by atoms with Crippen molar-refractivity contribution in [1.82, 2.24) is 0 Å². The van der Waals surface area contributed by atoms with Gasteiger partial charge < -0.3 is 14.2 Å². The van der Waals surface area contributed by atoms with Crippen molar-refractivity contribution in [2.45, 2.75) is 11.5 Å². The quantitative estimate of drug-likeness (QED) is 0.572. The third kappa shape index (κ3) is 4.66. The number of ether oxygens (including phenoxy) is 3. The number of nitriles is 1. The highest BCUT2D eigenvalue weighted by Crippen LogP contribution is 2.32. The van der Waals surface area contributed by atoms with E-state index in [1.54, 1.807) is 30.3 Å². The maximum atomic E-state index is 12.7. The van der Waals surface area contributed by atoms with Crippen LogP contribution in [0.15, 0.2) is 71.6 Å². The first kappa shape index (κ1) is 21.2. The molecule has 0 fully saturated rings. The van der Waals surface area contributed by atoms with Crippen molar-refractivity contribution in [3.63, 3.8) is 0 Å². The van der Waals surface area contributed by atoms with Crippen LogP contribution < -0.4 is 14.2 Å². The van der Waals surface area contributed by atoms with Crippen molar-refractivity contribution in [3.8, 4) is 17.6 Å². The molecule has 4 rings (SSSR count). The van der Waals surface area contributed by atoms with Gasteiger partial charge in [0.2, 0.25) is 0 Å². The Labute approximate surface area is 185 Å². The first-order valence-corrected chi connectivity index (χ1v) is 11.1. The summed E-state index contributed by atoms with van der Waals surface area (Å²) in [7, 11) is -3.87. The molecule has 1 aliphatic heterocycles. The van der Waals surface area contributed by atoms with Gasteiger partial charge in [0.1, 0.15) is 19.8 Å². The molecule has 0 spiro atoms. The lowest BCUT2D eigenvalue weighted by molar-refractivity contribution is 0.0472. The number of hydrogen-bond acceptors (Lipinski definition) is 7. The van der Waals surface area contributed by atoms with E-state index in [1.165, 1.54) is 36.4 Å². The number of benzene rings is 3. The molecule has 0 aliphatic carbocycles. The molecule has 3 aromatic carbocycles. The summed E-state index contributed by atoms with van der Waals surface area (Å²) < 4.78 is 44.0. The maximum Gasteiger partial charge on any atom is 0.338 e. The average Bonchev–Trinajstić information content (AvgIpc) is 2.82. The van der Waals surface area contributed by atoms with Gasteiger partial charge in [0.15, 0.2) is 11.5 Å². The lowest BCUT2D eigenvalue weighted by atomic mass is 10.1. The van der Waals surface area contributed by atoms with Crippen molar-refractivity contribution >= 4 is 21.7 Å². The standard InChI is InChI=1S/C23H18N2O6S/c24-14-17-3-1-2-4-18(17)15-31-23(26)16-5-7-19(8-6-16)25-32(27,28)20-9-10-21-22(13-20)30-12-11-29-21/h1-10,13,25H,11-12,15H2. The van der Waals surface area contributed by atoms with Crippen LogP contribution >= 0.6 is 0 Å². The number of rotatable bonds is 6. The summed E-state index contributed by atoms with van der Waals surface area (Å²) in [5, 5.41) is 9.11. The Balaban J connectivity index is 1.42. The van der Waals surface area contributed by atoms with E-state index in [2.05, 4.69) is 4.72 Å². The number of nitrogens with one attached hydrogen (secondary N) is 1. The van der Waals surface area contributed by atoms with E-state index in [9.17, 15) is 13.2 Å². The SMILES string of the molecule is N#Cc1ccccc1COC(=O)c1ccc(NS(=O)(=O)c2ccc3c(c2)OCCO3)cc1. The molecule has 0 unspecified atom stereocenters. The molecular formula is C23H18N2O6S. The van der Waals surface area contributed by atoms with Crippen LogP contribution in [0.25, 0.3) is 0 Å². The lowest BCUT2D eigenvalue weighted by Gasteiger charge is -2.19. The highest BCUT2D eigenvalue weighted by atomic mass is 32.2. The molecule has 0 atom stereocenters. The minimum Gasteiger partial charge on any atom is -0.486 e. The molecule has 1 N–H and O–H groups in total. The number of hydrogen-bond donors (Lipinski definition) is 1. The average molecular weight is 450 g/mol. The van der Waals surface area contributed by atoms with Crippen molar-refractivity contribution in [1.29, 1.82) is 5.26 Å². The zero-order valence-electron chi connectivity index (χ0n) is 16.8. The molecule has 32 heavy (non-hydrogen) atoms. The summed E-state index contributed by atoms with van der Waals surface area (Å²) in [6.07, 6.45) is 0. The minimum absolute atomic E-state index is 0.0291. The predicted octanol–water partition coefficient (Wildman–Crippen LogP) is 3.49. The predicted molar refractivity (Wildman–Crippen MR) is 115 cm³/mol. The zero-order chi connectivity index (χ0) is 22.6. The van der Waals surface area contributed by atoms with Crippen molar-refractivity contribution in [2.75, 3.05) is 17.9 Å². The Kier molecular flexibility index (Phi) is 5.96. The van der Waals surface area contributed by atoms with E-state index in [0.29, 0.717) is 35.8 Å². The fourth-order valence-corrected chi connectivity index (χ4v) is 4.13. The van der Waals surface area contributed by atoms with E-state index in [0.717, 1.165) is 0 Å². The lowest BCUT2D eigenvalue weighted by Crippen LogP contribution is -2.17. The smallest absolute Gasteiger partial charge is 0.338 e. The zero-order valence-corrected chi connectivity index (χ0v) is 17.6. The molecule has 0 bridgehead atoms. The monoisotopic (exact) mass is 450 g/mol. The Morgan fingerprint density at radius 1 is 1.00 bits per heavy atom. The van der Waals surface area contributed by atoms with Crippen LogP contribution in [0.3, 0.4) is 0 Å². The van der Waals surface area contributed by atoms with Crippen LogP contribution in [0.4, 0.5) is 5.69 Å². The van der Waals surface area contributed by atoms with Gasteiger partial charge in [0.25, 0.3) is 10.0 Å². The molecule has 3 aromatic rings. The Morgan fingerprint density at radius 2 is 1.72 bits per heavy atom. The summed E-state index contributed by atoms with van der Waals surface area (Å²) in [6.45, 7) is 0.724. The van der Waals surface area contributed by atoms with Crippen LogP contribution in [0.5, 0.6) is 11.5 Å². The summed E-state index contributed by atoms with van der Waals surface area (Å²) in [5.74, 6) is 0.282. The van der Waals surface area contributed by atoms with Crippen LogP contribution in [0, 0.1) is 11.3 Å². The van der Waals surface area contributed by atoms with Crippen LogP contribution in [0.2, 0.25) is 0 Å². The fourth-order valence-electron chi connectivity index (χ4n) is 3.06. The molecule has 0 saturated heterocycles. The Morgan fingerprint density at radius 3 is 2.47 bits per heavy atom. The fraction of sp³-hybridized carbons (Fsp3) is 0.130. The second-order valence-electron chi connectivity index (χ2n) is 6.83. The summed E-state index contributed by atoms with van der Waals surface area (Å²) >= 11 is 0. The molecule has 0 aromatic heterocycles. The Hall–Kier alpha value is -4.03.